The Bertz CT molecular complexity index is 923. The Morgan fingerprint density at radius 3 is 2.52 bits per heavy atom. The van der Waals surface area contributed by atoms with E-state index in [1.54, 1.807) is 0 Å². The summed E-state index contributed by atoms with van der Waals surface area (Å²) in [6.45, 7) is 1.71. The lowest BCUT2D eigenvalue weighted by atomic mass is 9.83. The smallest absolute Gasteiger partial charge is 0.349 e. The molecule has 2 bridgehead atoms. The Hall–Kier alpha value is -1.91. The second-order valence-electron chi connectivity index (χ2n) is 8.52. The molecule has 0 radical (unpaired) electrons. The standard InChI is InChI=1S/C18H23F3N4O3S/c1-17(9-11-2-3-12(17)8-11)24-16-22-10-13(14(23-16)18(19,20)21)15(26)25-4-6-29(27,28)7-5-25/h10-12H,2-9H2,1H3,(H,22,23,24)/t11-,12+,17+/m1/s1. The fourth-order valence-corrected chi connectivity index (χ4v) is 6.12. The van der Waals surface area contributed by atoms with E-state index in [9.17, 15) is 26.4 Å². The van der Waals surface area contributed by atoms with E-state index in [4.69, 9.17) is 0 Å². The van der Waals surface area contributed by atoms with E-state index >= 15 is 0 Å². The summed E-state index contributed by atoms with van der Waals surface area (Å²) in [5.74, 6) is -0.601. The molecule has 7 nitrogen and oxygen atoms in total. The lowest BCUT2D eigenvalue weighted by Gasteiger charge is -2.35. The Morgan fingerprint density at radius 2 is 1.97 bits per heavy atom. The zero-order chi connectivity index (χ0) is 21.0. The summed E-state index contributed by atoms with van der Waals surface area (Å²) in [6.07, 6.45) is 0.182. The first kappa shape index (κ1) is 20.4. The van der Waals surface area contributed by atoms with E-state index in [2.05, 4.69) is 15.3 Å². The molecule has 3 fully saturated rings. The van der Waals surface area contributed by atoms with Crippen molar-refractivity contribution in [2.75, 3.05) is 29.9 Å². The minimum Gasteiger partial charge on any atom is -0.349 e. The molecular formula is C18H23F3N4O3S. The number of aromatic nitrogens is 2. The molecule has 11 heteroatoms. The van der Waals surface area contributed by atoms with E-state index in [1.807, 2.05) is 6.92 Å². The quantitative estimate of drug-likeness (QED) is 0.788. The number of carbonyl (C=O) groups excluding carboxylic acids is 1. The molecule has 1 saturated heterocycles. The van der Waals surface area contributed by atoms with Crippen LogP contribution in [-0.4, -0.2) is 59.3 Å². The Morgan fingerprint density at radius 1 is 1.28 bits per heavy atom. The van der Waals surface area contributed by atoms with Crippen molar-refractivity contribution in [3.8, 4) is 0 Å². The average Bonchev–Trinajstić information content (AvgIpc) is 3.20. The molecule has 4 rings (SSSR count). The maximum absolute atomic E-state index is 13.7. The van der Waals surface area contributed by atoms with Gasteiger partial charge in [0, 0.05) is 24.8 Å². The summed E-state index contributed by atoms with van der Waals surface area (Å²) in [7, 11) is -3.26. The van der Waals surface area contributed by atoms with E-state index in [1.165, 1.54) is 0 Å². The van der Waals surface area contributed by atoms with Gasteiger partial charge in [0.2, 0.25) is 5.95 Å². The number of alkyl halides is 3. The first-order valence-electron chi connectivity index (χ1n) is 9.69. The highest BCUT2D eigenvalue weighted by atomic mass is 32.2. The van der Waals surface area contributed by atoms with Gasteiger partial charge in [-0.05, 0) is 44.4 Å². The predicted molar refractivity (Wildman–Crippen MR) is 99.1 cm³/mol. The number of halogens is 3. The van der Waals surface area contributed by atoms with Crippen molar-refractivity contribution in [1.29, 1.82) is 0 Å². The van der Waals surface area contributed by atoms with Crippen LogP contribution in [0, 0.1) is 11.8 Å². The summed E-state index contributed by atoms with van der Waals surface area (Å²) in [4.78, 5) is 21.4. The summed E-state index contributed by atoms with van der Waals surface area (Å²) >= 11 is 0. The van der Waals surface area contributed by atoms with E-state index in [-0.39, 0.29) is 36.1 Å². The van der Waals surface area contributed by atoms with Crippen LogP contribution in [0.25, 0.3) is 0 Å². The van der Waals surface area contributed by atoms with Gasteiger partial charge in [0.15, 0.2) is 15.5 Å². The van der Waals surface area contributed by atoms with Gasteiger partial charge >= 0.3 is 6.18 Å². The molecule has 2 saturated carbocycles. The third-order valence-corrected chi connectivity index (χ3v) is 8.08. The van der Waals surface area contributed by atoms with Crippen LogP contribution in [0.4, 0.5) is 19.1 Å². The van der Waals surface area contributed by atoms with Crippen LogP contribution in [-0.2, 0) is 16.0 Å². The number of anilines is 1. The normalized spacial score (nSPS) is 31.1. The van der Waals surface area contributed by atoms with Gasteiger partial charge in [-0.25, -0.2) is 18.4 Å². The van der Waals surface area contributed by atoms with E-state index < -0.39 is 33.2 Å². The summed E-state index contributed by atoms with van der Waals surface area (Å²) in [6, 6.07) is 0. The topological polar surface area (TPSA) is 92.3 Å². The fraction of sp³-hybridized carbons (Fsp3) is 0.722. The van der Waals surface area contributed by atoms with Crippen LogP contribution in [0.1, 0.15) is 48.7 Å². The second kappa shape index (κ2) is 6.82. The third-order valence-electron chi connectivity index (χ3n) is 6.47. The molecule has 0 aromatic carbocycles. The molecule has 29 heavy (non-hydrogen) atoms. The molecule has 0 spiro atoms. The van der Waals surface area contributed by atoms with Gasteiger partial charge in [0.05, 0.1) is 17.1 Å². The first-order valence-corrected chi connectivity index (χ1v) is 11.5. The van der Waals surface area contributed by atoms with Gasteiger partial charge in [-0.1, -0.05) is 0 Å². The molecule has 2 aliphatic carbocycles. The van der Waals surface area contributed by atoms with Crippen molar-refractivity contribution >= 4 is 21.7 Å². The monoisotopic (exact) mass is 432 g/mol. The van der Waals surface area contributed by atoms with Crippen LogP contribution in [0.5, 0.6) is 0 Å². The van der Waals surface area contributed by atoms with Crippen molar-refractivity contribution in [3.63, 3.8) is 0 Å². The molecule has 1 aromatic rings. The van der Waals surface area contributed by atoms with Crippen molar-refractivity contribution in [3.05, 3.63) is 17.5 Å². The number of hydrogen-bond donors (Lipinski definition) is 1. The molecular weight excluding hydrogens is 409 g/mol. The maximum atomic E-state index is 13.7. The van der Waals surface area contributed by atoms with Gasteiger partial charge in [-0.3, -0.25) is 4.79 Å². The zero-order valence-electron chi connectivity index (χ0n) is 16.0. The summed E-state index contributed by atoms with van der Waals surface area (Å²) in [5.41, 5.74) is -2.29. The molecule has 1 aliphatic heterocycles. The molecule has 1 amide bonds. The first-order chi connectivity index (χ1) is 13.5. The number of nitrogens with zero attached hydrogens (tertiary/aromatic N) is 3. The predicted octanol–water partition coefficient (Wildman–Crippen LogP) is 2.36. The van der Waals surface area contributed by atoms with Gasteiger partial charge < -0.3 is 10.2 Å². The summed E-state index contributed by atoms with van der Waals surface area (Å²) in [5, 5.41) is 3.09. The average molecular weight is 432 g/mol. The molecule has 2 heterocycles. The lowest BCUT2D eigenvalue weighted by molar-refractivity contribution is -0.141. The van der Waals surface area contributed by atoms with Crippen LogP contribution < -0.4 is 5.32 Å². The Labute approximate surface area is 167 Å². The number of sulfone groups is 1. The van der Waals surface area contributed by atoms with E-state index in [0.29, 0.717) is 11.8 Å². The van der Waals surface area contributed by atoms with Crippen LogP contribution in [0.2, 0.25) is 0 Å². The van der Waals surface area contributed by atoms with E-state index in [0.717, 1.165) is 36.8 Å². The van der Waals surface area contributed by atoms with Gasteiger partial charge in [0.1, 0.15) is 0 Å². The molecule has 3 atom stereocenters. The fourth-order valence-electron chi connectivity index (χ4n) is 4.91. The van der Waals surface area contributed by atoms with Crippen molar-refractivity contribution in [2.45, 2.75) is 44.3 Å². The molecule has 1 N–H and O–H groups in total. The molecule has 160 valence electrons. The number of rotatable bonds is 3. The number of amides is 1. The van der Waals surface area contributed by atoms with Crippen molar-refractivity contribution in [2.24, 2.45) is 11.8 Å². The van der Waals surface area contributed by atoms with Gasteiger partial charge in [-0.2, -0.15) is 13.2 Å². The highest BCUT2D eigenvalue weighted by molar-refractivity contribution is 7.91. The second-order valence-corrected chi connectivity index (χ2v) is 10.8. The number of nitrogens with one attached hydrogen (secondary N) is 1. The van der Waals surface area contributed by atoms with Crippen molar-refractivity contribution < 1.29 is 26.4 Å². The minimum absolute atomic E-state index is 0.134. The largest absolute Gasteiger partial charge is 0.434 e. The van der Waals surface area contributed by atoms with Crippen LogP contribution in [0.3, 0.4) is 0 Å². The molecule has 0 unspecified atom stereocenters. The van der Waals surface area contributed by atoms with Crippen LogP contribution >= 0.6 is 0 Å². The number of hydrogen-bond acceptors (Lipinski definition) is 6. The zero-order valence-corrected chi connectivity index (χ0v) is 16.8. The highest BCUT2D eigenvalue weighted by Crippen LogP contribution is 2.51. The lowest BCUT2D eigenvalue weighted by Crippen LogP contribution is -2.44. The van der Waals surface area contributed by atoms with Gasteiger partial charge in [0.25, 0.3) is 5.91 Å². The van der Waals surface area contributed by atoms with Crippen LogP contribution in [0.15, 0.2) is 6.20 Å². The highest BCUT2D eigenvalue weighted by Gasteiger charge is 2.48. The molecule has 1 aromatic heterocycles. The Kier molecular flexibility index (Phi) is 4.79. The SMILES string of the molecule is C[C@]1(Nc2ncc(C(=O)N3CCS(=O)(=O)CC3)c(C(F)(F)F)n2)C[C@@H]2CC[C@H]1C2. The summed E-state index contributed by atoms with van der Waals surface area (Å²) < 4.78 is 64.0. The van der Waals surface area contributed by atoms with Gasteiger partial charge in [-0.15, -0.1) is 0 Å². The molecule has 3 aliphatic rings. The maximum Gasteiger partial charge on any atom is 0.434 e. The third kappa shape index (κ3) is 3.93. The minimum atomic E-state index is -4.83. The van der Waals surface area contributed by atoms with Crippen molar-refractivity contribution in [1.82, 2.24) is 14.9 Å². The number of fused-ring (bicyclic) bond motifs is 2. The Balaban J connectivity index is 1.59. The number of carbonyl (C=O) groups is 1.